The van der Waals surface area contributed by atoms with E-state index in [0.717, 1.165) is 12.7 Å². The monoisotopic (exact) mass is 284 g/mol. The Labute approximate surface area is 118 Å². The minimum Gasteiger partial charge on any atom is -0.481 e. The lowest BCUT2D eigenvalue weighted by Gasteiger charge is -2.21. The fourth-order valence-corrected chi connectivity index (χ4v) is 2.70. The summed E-state index contributed by atoms with van der Waals surface area (Å²) in [5.74, 6) is 0.851. The van der Waals surface area contributed by atoms with Crippen LogP contribution in [-0.2, 0) is 4.79 Å². The van der Waals surface area contributed by atoms with Crippen molar-refractivity contribution in [1.82, 2.24) is 9.97 Å². The number of rotatable bonds is 6. The summed E-state index contributed by atoms with van der Waals surface area (Å²) in [6, 6.07) is 1.60. The van der Waals surface area contributed by atoms with Crippen LogP contribution in [0.1, 0.15) is 27.2 Å². The second kappa shape index (κ2) is 6.75. The molecule has 0 fully saturated rings. The van der Waals surface area contributed by atoms with Crippen LogP contribution < -0.4 is 9.47 Å². The van der Waals surface area contributed by atoms with Crippen molar-refractivity contribution in [3.63, 3.8) is 0 Å². The Morgan fingerprint density at radius 2 is 1.79 bits per heavy atom. The molecule has 1 aromatic heterocycles. The molecule has 0 bridgehead atoms. The highest BCUT2D eigenvalue weighted by Gasteiger charge is 2.21. The van der Waals surface area contributed by atoms with Crippen molar-refractivity contribution in [3.8, 4) is 11.8 Å². The lowest BCUT2D eigenvalue weighted by atomic mass is 9.91. The van der Waals surface area contributed by atoms with E-state index in [1.807, 2.05) is 0 Å². The van der Waals surface area contributed by atoms with Crippen LogP contribution in [0.25, 0.3) is 0 Å². The number of ether oxygens (including phenoxy) is 2. The van der Waals surface area contributed by atoms with Gasteiger partial charge in [0, 0.05) is 0 Å². The smallest absolute Gasteiger partial charge is 0.220 e. The molecule has 1 rings (SSSR count). The van der Waals surface area contributed by atoms with Crippen LogP contribution in [0, 0.1) is 5.41 Å². The van der Waals surface area contributed by atoms with Crippen molar-refractivity contribution in [1.29, 1.82) is 0 Å². The van der Waals surface area contributed by atoms with Crippen molar-refractivity contribution < 1.29 is 14.3 Å². The minimum absolute atomic E-state index is 0.0710. The number of carbonyl (C=O) groups excluding carboxylic acids is 1. The molecule has 19 heavy (non-hydrogen) atoms. The van der Waals surface area contributed by atoms with E-state index in [1.165, 1.54) is 26.0 Å². The number of aromatic nitrogens is 2. The molecule has 0 N–H and O–H groups in total. The Bertz CT molecular complexity index is 410. The van der Waals surface area contributed by atoms with Crippen molar-refractivity contribution in [2.45, 2.75) is 37.6 Å². The molecular formula is C13H20N2O3S. The van der Waals surface area contributed by atoms with Gasteiger partial charge >= 0.3 is 0 Å². The predicted octanol–water partition coefficient (Wildman–Crippen LogP) is 2.59. The Hall–Kier alpha value is -1.30. The molecule has 0 saturated heterocycles. The standard InChI is InChI=1S/C13H20N2O3S/c1-13(2,3)7-9(8-16)19-12-14-10(17-4)6-11(15-12)18-5/h6,8-9H,7H2,1-5H3. The van der Waals surface area contributed by atoms with Crippen LogP contribution in [0.4, 0.5) is 0 Å². The van der Waals surface area contributed by atoms with Crippen molar-refractivity contribution in [2.75, 3.05) is 14.2 Å². The summed E-state index contributed by atoms with van der Waals surface area (Å²) < 4.78 is 10.2. The number of hydrogen-bond acceptors (Lipinski definition) is 6. The average molecular weight is 284 g/mol. The molecule has 5 nitrogen and oxygen atoms in total. The third kappa shape index (κ3) is 5.46. The van der Waals surface area contributed by atoms with E-state index in [2.05, 4.69) is 30.7 Å². The maximum Gasteiger partial charge on any atom is 0.220 e. The van der Waals surface area contributed by atoms with Gasteiger partial charge in [0.05, 0.1) is 25.5 Å². The number of methoxy groups -OCH3 is 2. The average Bonchev–Trinajstić information content (AvgIpc) is 2.35. The molecule has 6 heteroatoms. The first kappa shape index (κ1) is 15.8. The molecule has 106 valence electrons. The third-order valence-corrected chi connectivity index (χ3v) is 3.27. The fraction of sp³-hybridized carbons (Fsp3) is 0.615. The molecule has 0 aliphatic carbocycles. The van der Waals surface area contributed by atoms with E-state index < -0.39 is 0 Å². The molecule has 0 aromatic carbocycles. The maximum absolute atomic E-state index is 11.2. The van der Waals surface area contributed by atoms with Crippen LogP contribution in [0.15, 0.2) is 11.2 Å². The molecule has 0 aliphatic heterocycles. The van der Waals surface area contributed by atoms with Gasteiger partial charge in [-0.2, -0.15) is 9.97 Å². The number of carbonyl (C=O) groups is 1. The van der Waals surface area contributed by atoms with Crippen LogP contribution in [0.3, 0.4) is 0 Å². The van der Waals surface area contributed by atoms with Crippen LogP contribution in [0.5, 0.6) is 11.8 Å². The van der Waals surface area contributed by atoms with Gasteiger partial charge in [-0.05, 0) is 11.8 Å². The van der Waals surface area contributed by atoms with E-state index in [4.69, 9.17) is 9.47 Å². The Morgan fingerprint density at radius 3 is 2.16 bits per heavy atom. The quantitative estimate of drug-likeness (QED) is 0.454. The molecule has 0 amide bonds. The largest absolute Gasteiger partial charge is 0.481 e. The van der Waals surface area contributed by atoms with E-state index in [9.17, 15) is 4.79 Å². The first-order chi connectivity index (χ1) is 8.87. The fourth-order valence-electron chi connectivity index (χ4n) is 1.50. The number of nitrogens with zero attached hydrogens (tertiary/aromatic N) is 2. The second-order valence-corrected chi connectivity index (χ2v) is 6.50. The van der Waals surface area contributed by atoms with E-state index in [1.54, 1.807) is 6.07 Å². The van der Waals surface area contributed by atoms with Crippen molar-refractivity contribution in [3.05, 3.63) is 6.07 Å². The Morgan fingerprint density at radius 1 is 1.26 bits per heavy atom. The highest BCUT2D eigenvalue weighted by atomic mass is 32.2. The SMILES string of the molecule is COc1cc(OC)nc(SC(C=O)CC(C)(C)C)n1. The molecule has 0 spiro atoms. The molecular weight excluding hydrogens is 264 g/mol. The lowest BCUT2D eigenvalue weighted by molar-refractivity contribution is -0.107. The number of hydrogen-bond donors (Lipinski definition) is 0. The zero-order valence-corrected chi connectivity index (χ0v) is 12.8. The Kier molecular flexibility index (Phi) is 5.60. The van der Waals surface area contributed by atoms with Crippen LogP contribution in [0.2, 0.25) is 0 Å². The number of aldehydes is 1. The van der Waals surface area contributed by atoms with Crippen molar-refractivity contribution in [2.24, 2.45) is 5.41 Å². The zero-order chi connectivity index (χ0) is 14.5. The van der Waals surface area contributed by atoms with E-state index in [0.29, 0.717) is 16.9 Å². The topological polar surface area (TPSA) is 61.3 Å². The van der Waals surface area contributed by atoms with E-state index in [-0.39, 0.29) is 10.7 Å². The first-order valence-corrected chi connectivity index (χ1v) is 6.85. The summed E-state index contributed by atoms with van der Waals surface area (Å²) in [5.41, 5.74) is 0.0710. The van der Waals surface area contributed by atoms with Crippen LogP contribution in [-0.4, -0.2) is 35.7 Å². The van der Waals surface area contributed by atoms with Crippen LogP contribution >= 0.6 is 11.8 Å². The van der Waals surface area contributed by atoms with Gasteiger partial charge in [-0.3, -0.25) is 0 Å². The highest BCUT2D eigenvalue weighted by molar-refractivity contribution is 8.00. The highest BCUT2D eigenvalue weighted by Crippen LogP contribution is 2.31. The maximum atomic E-state index is 11.2. The summed E-state index contributed by atoms with van der Waals surface area (Å²) in [5, 5.41) is 0.300. The lowest BCUT2D eigenvalue weighted by Crippen LogP contribution is -2.16. The van der Waals surface area contributed by atoms with Crippen molar-refractivity contribution >= 4 is 18.0 Å². The number of thioether (sulfide) groups is 1. The van der Waals surface area contributed by atoms with Gasteiger partial charge in [-0.15, -0.1) is 0 Å². The first-order valence-electron chi connectivity index (χ1n) is 5.97. The molecule has 0 aliphatic rings. The van der Waals surface area contributed by atoms with Gasteiger partial charge in [-0.25, -0.2) is 0 Å². The third-order valence-electron chi connectivity index (χ3n) is 2.30. The van der Waals surface area contributed by atoms with Gasteiger partial charge in [-0.1, -0.05) is 32.5 Å². The molecule has 1 atom stereocenters. The van der Waals surface area contributed by atoms with Gasteiger partial charge < -0.3 is 14.3 Å². The second-order valence-electron chi connectivity index (χ2n) is 5.29. The van der Waals surface area contributed by atoms with Gasteiger partial charge in [0.25, 0.3) is 0 Å². The summed E-state index contributed by atoms with van der Waals surface area (Å²) >= 11 is 1.32. The molecule has 1 aromatic rings. The summed E-state index contributed by atoms with van der Waals surface area (Å²) in [6.45, 7) is 6.28. The summed E-state index contributed by atoms with van der Waals surface area (Å²) in [6.07, 6.45) is 1.69. The molecule has 1 heterocycles. The minimum atomic E-state index is -0.184. The summed E-state index contributed by atoms with van der Waals surface area (Å²) in [4.78, 5) is 19.6. The zero-order valence-electron chi connectivity index (χ0n) is 12.0. The molecule has 0 saturated carbocycles. The van der Waals surface area contributed by atoms with Gasteiger partial charge in [0.15, 0.2) is 5.16 Å². The normalized spacial score (nSPS) is 12.9. The van der Waals surface area contributed by atoms with Gasteiger partial charge in [0.1, 0.15) is 6.29 Å². The Balaban J connectivity index is 2.87. The molecule has 1 unspecified atom stereocenters. The predicted molar refractivity (Wildman–Crippen MR) is 74.9 cm³/mol. The van der Waals surface area contributed by atoms with E-state index >= 15 is 0 Å². The summed E-state index contributed by atoms with van der Waals surface area (Å²) in [7, 11) is 3.06. The molecule has 0 radical (unpaired) electrons. The van der Waals surface area contributed by atoms with Gasteiger partial charge in [0.2, 0.25) is 11.8 Å².